The molecule has 0 bridgehead atoms. The molecule has 0 N–H and O–H groups in total. The van der Waals surface area contributed by atoms with Gasteiger partial charge in [0.05, 0.1) is 20.6 Å². The van der Waals surface area contributed by atoms with Crippen LogP contribution in [0.2, 0.25) is 0 Å². The van der Waals surface area contributed by atoms with Gasteiger partial charge < -0.3 is 16.9 Å². The highest BCUT2D eigenvalue weighted by molar-refractivity contribution is 5.13. The molecule has 0 saturated heterocycles. The lowest BCUT2D eigenvalue weighted by atomic mass is 10.2. The molecule has 0 fully saturated rings. The van der Waals surface area contributed by atoms with Crippen LogP contribution in [0.1, 0.15) is 12.5 Å². The summed E-state index contributed by atoms with van der Waals surface area (Å²) in [6.07, 6.45) is 0. The number of hydrogen-bond acceptors (Lipinski definition) is 0. The van der Waals surface area contributed by atoms with Crippen molar-refractivity contribution in [1.82, 2.24) is 0 Å². The van der Waals surface area contributed by atoms with Crippen molar-refractivity contribution in [3.05, 3.63) is 35.9 Å². The van der Waals surface area contributed by atoms with Gasteiger partial charge in [0, 0.05) is 5.56 Å². The average Bonchev–Trinajstić information content (AvgIpc) is 2.06. The average molecular weight is 200 g/mol. The minimum absolute atomic E-state index is 0. The molecule has 1 rings (SSSR count). The normalized spacial score (nSPS) is 10.7. The Hall–Kier alpha value is -0.530. The maximum atomic E-state index is 2.26. The topological polar surface area (TPSA) is 0 Å². The van der Waals surface area contributed by atoms with Crippen LogP contribution in [0, 0.1) is 0 Å². The number of quaternary nitrogens is 1. The van der Waals surface area contributed by atoms with E-state index in [0.29, 0.717) is 0 Å². The fourth-order valence-electron chi connectivity index (χ4n) is 1.19. The SMILES string of the molecule is CC[N+](C)(C)Cc1ccccc1.[Cl-]. The lowest BCUT2D eigenvalue weighted by Crippen LogP contribution is -3.00. The van der Waals surface area contributed by atoms with Crippen molar-refractivity contribution in [3.8, 4) is 0 Å². The van der Waals surface area contributed by atoms with E-state index < -0.39 is 0 Å². The molecule has 0 aromatic heterocycles. The summed E-state index contributed by atoms with van der Waals surface area (Å²) in [7, 11) is 4.51. The van der Waals surface area contributed by atoms with E-state index in [-0.39, 0.29) is 12.4 Å². The molecule has 0 aliphatic heterocycles. The smallest absolute Gasteiger partial charge is 0.104 e. The Labute approximate surface area is 87.4 Å². The molecular weight excluding hydrogens is 182 g/mol. The van der Waals surface area contributed by atoms with E-state index in [1.54, 1.807) is 0 Å². The van der Waals surface area contributed by atoms with Gasteiger partial charge in [0.2, 0.25) is 0 Å². The number of rotatable bonds is 3. The third kappa shape index (κ3) is 4.30. The molecule has 0 aliphatic carbocycles. The summed E-state index contributed by atoms with van der Waals surface area (Å²) in [6.45, 7) is 4.52. The Morgan fingerprint density at radius 2 is 1.62 bits per heavy atom. The zero-order chi connectivity index (χ0) is 9.03. The molecule has 0 spiro atoms. The molecule has 1 aromatic carbocycles. The van der Waals surface area contributed by atoms with Crippen molar-refractivity contribution >= 4 is 0 Å². The summed E-state index contributed by atoms with van der Waals surface area (Å²) in [5.74, 6) is 0. The van der Waals surface area contributed by atoms with E-state index in [1.807, 2.05) is 0 Å². The highest BCUT2D eigenvalue weighted by Crippen LogP contribution is 2.07. The number of hydrogen-bond donors (Lipinski definition) is 0. The van der Waals surface area contributed by atoms with E-state index in [1.165, 1.54) is 12.1 Å². The van der Waals surface area contributed by atoms with Crippen LogP contribution in [0.15, 0.2) is 30.3 Å². The van der Waals surface area contributed by atoms with Crippen LogP contribution in [-0.2, 0) is 6.54 Å². The second-order valence-corrected chi connectivity index (χ2v) is 3.90. The Morgan fingerprint density at radius 3 is 2.08 bits per heavy atom. The Morgan fingerprint density at radius 1 is 1.08 bits per heavy atom. The molecule has 0 amide bonds. The van der Waals surface area contributed by atoms with Crippen molar-refractivity contribution in [2.24, 2.45) is 0 Å². The van der Waals surface area contributed by atoms with Crippen LogP contribution in [-0.4, -0.2) is 25.1 Å². The molecule has 0 unspecified atom stereocenters. The first-order chi connectivity index (χ1) is 5.64. The standard InChI is InChI=1S/C11H18N.ClH/c1-4-12(2,3)10-11-8-6-5-7-9-11;/h5-9H,4,10H2,1-3H3;1H/q+1;/p-1. The van der Waals surface area contributed by atoms with E-state index in [9.17, 15) is 0 Å². The maximum absolute atomic E-state index is 2.26. The summed E-state index contributed by atoms with van der Waals surface area (Å²) in [5, 5.41) is 0. The number of benzene rings is 1. The van der Waals surface area contributed by atoms with Crippen molar-refractivity contribution in [3.63, 3.8) is 0 Å². The molecule has 74 valence electrons. The zero-order valence-corrected chi connectivity index (χ0v) is 9.38. The third-order valence-corrected chi connectivity index (χ3v) is 2.31. The molecule has 0 radical (unpaired) electrons. The highest BCUT2D eigenvalue weighted by atomic mass is 35.5. The molecule has 2 heteroatoms. The van der Waals surface area contributed by atoms with E-state index in [0.717, 1.165) is 11.0 Å². The van der Waals surface area contributed by atoms with Crippen molar-refractivity contribution in [1.29, 1.82) is 0 Å². The maximum Gasteiger partial charge on any atom is 0.104 e. The zero-order valence-electron chi connectivity index (χ0n) is 8.63. The van der Waals surface area contributed by atoms with E-state index in [2.05, 4.69) is 51.4 Å². The summed E-state index contributed by atoms with van der Waals surface area (Å²) in [4.78, 5) is 0. The fraction of sp³-hybridized carbons (Fsp3) is 0.455. The third-order valence-electron chi connectivity index (χ3n) is 2.31. The summed E-state index contributed by atoms with van der Waals surface area (Å²) < 4.78 is 1.06. The highest BCUT2D eigenvalue weighted by Gasteiger charge is 2.11. The quantitative estimate of drug-likeness (QED) is 0.565. The van der Waals surface area contributed by atoms with Gasteiger partial charge in [-0.25, -0.2) is 0 Å². The van der Waals surface area contributed by atoms with E-state index >= 15 is 0 Å². The van der Waals surface area contributed by atoms with Crippen molar-refractivity contribution in [2.75, 3.05) is 20.6 Å². The number of halogens is 1. The lowest BCUT2D eigenvalue weighted by Gasteiger charge is -2.28. The van der Waals surface area contributed by atoms with Crippen LogP contribution in [0.3, 0.4) is 0 Å². The second-order valence-electron chi connectivity index (χ2n) is 3.90. The molecule has 13 heavy (non-hydrogen) atoms. The van der Waals surface area contributed by atoms with Gasteiger partial charge in [-0.05, 0) is 6.92 Å². The van der Waals surface area contributed by atoms with Gasteiger partial charge in [-0.3, -0.25) is 0 Å². The molecule has 0 heterocycles. The predicted octanol–water partition coefficient (Wildman–Crippen LogP) is -0.713. The molecule has 0 saturated carbocycles. The second kappa shape index (κ2) is 5.25. The monoisotopic (exact) mass is 199 g/mol. The predicted molar refractivity (Wildman–Crippen MR) is 52.8 cm³/mol. The Balaban J connectivity index is 0.00000144. The van der Waals surface area contributed by atoms with Gasteiger partial charge in [-0.2, -0.15) is 0 Å². The van der Waals surface area contributed by atoms with Crippen LogP contribution >= 0.6 is 0 Å². The van der Waals surface area contributed by atoms with Crippen molar-refractivity contribution < 1.29 is 16.9 Å². The van der Waals surface area contributed by atoms with E-state index in [4.69, 9.17) is 0 Å². The minimum atomic E-state index is 0. The Kier molecular flexibility index (Phi) is 5.04. The van der Waals surface area contributed by atoms with Gasteiger partial charge >= 0.3 is 0 Å². The first kappa shape index (κ1) is 12.5. The van der Waals surface area contributed by atoms with Crippen molar-refractivity contribution in [2.45, 2.75) is 13.5 Å². The molecule has 1 aromatic rings. The van der Waals surface area contributed by atoms with Crippen LogP contribution < -0.4 is 12.4 Å². The van der Waals surface area contributed by atoms with Gasteiger partial charge in [0.25, 0.3) is 0 Å². The van der Waals surface area contributed by atoms with Crippen LogP contribution in [0.5, 0.6) is 0 Å². The molecule has 0 atom stereocenters. The largest absolute Gasteiger partial charge is 1.00 e. The summed E-state index contributed by atoms with van der Waals surface area (Å²) in [5.41, 5.74) is 1.42. The van der Waals surface area contributed by atoms with Gasteiger partial charge in [0.1, 0.15) is 6.54 Å². The lowest BCUT2D eigenvalue weighted by molar-refractivity contribution is -0.901. The van der Waals surface area contributed by atoms with Gasteiger partial charge in [0.15, 0.2) is 0 Å². The number of nitrogens with zero attached hydrogens (tertiary/aromatic N) is 1. The first-order valence-corrected chi connectivity index (χ1v) is 4.50. The summed E-state index contributed by atoms with van der Waals surface area (Å²) >= 11 is 0. The fourth-order valence-corrected chi connectivity index (χ4v) is 1.19. The van der Waals surface area contributed by atoms with Gasteiger partial charge in [-0.15, -0.1) is 0 Å². The molecule has 1 nitrogen and oxygen atoms in total. The first-order valence-electron chi connectivity index (χ1n) is 4.50. The Bertz CT molecular complexity index is 231. The minimum Gasteiger partial charge on any atom is -1.00 e. The summed E-state index contributed by atoms with van der Waals surface area (Å²) in [6, 6.07) is 10.6. The van der Waals surface area contributed by atoms with Gasteiger partial charge in [-0.1, -0.05) is 30.3 Å². The molecular formula is C11H18ClN. The van der Waals surface area contributed by atoms with Crippen LogP contribution in [0.25, 0.3) is 0 Å². The van der Waals surface area contributed by atoms with Crippen LogP contribution in [0.4, 0.5) is 0 Å². The molecule has 0 aliphatic rings.